The number of nitrogens with zero attached hydrogens (tertiary/aromatic N) is 4. The molecule has 6 nitrogen and oxygen atoms in total. The monoisotopic (exact) mass is 414 g/mol. The third-order valence-corrected chi connectivity index (χ3v) is 6.53. The predicted octanol–water partition coefficient (Wildman–Crippen LogP) is 4.12. The van der Waals surface area contributed by atoms with Crippen LogP contribution in [0.15, 0.2) is 48.5 Å². The lowest BCUT2D eigenvalue weighted by molar-refractivity contribution is 0.0971. The highest BCUT2D eigenvalue weighted by Crippen LogP contribution is 2.28. The van der Waals surface area contributed by atoms with E-state index >= 15 is 0 Å². The molecular weight excluding hydrogens is 388 g/mol. The Labute approximate surface area is 181 Å². The van der Waals surface area contributed by atoms with Crippen LogP contribution in [0.3, 0.4) is 0 Å². The van der Waals surface area contributed by atoms with Crippen molar-refractivity contribution in [2.75, 3.05) is 18.0 Å². The highest BCUT2D eigenvalue weighted by Gasteiger charge is 2.34. The molecule has 0 radical (unpaired) electrons. The number of ketones is 2. The molecule has 1 saturated heterocycles. The molecule has 0 amide bonds. The van der Waals surface area contributed by atoms with Crippen LogP contribution in [-0.4, -0.2) is 39.6 Å². The van der Waals surface area contributed by atoms with E-state index < -0.39 is 0 Å². The van der Waals surface area contributed by atoms with E-state index in [4.69, 9.17) is 0 Å². The van der Waals surface area contributed by atoms with Crippen molar-refractivity contribution in [3.63, 3.8) is 0 Å². The number of carbonyl (C=O) groups excluding carboxylic acids is 2. The number of piperidine rings is 1. The largest absolute Gasteiger partial charge is 0.372 e. The van der Waals surface area contributed by atoms with Gasteiger partial charge in [0.05, 0.1) is 6.54 Å². The smallest absolute Gasteiger partial charge is 0.216 e. The SMILES string of the molecule is CCCC1CCN(c2ccc(Cn3nnc4c3C(=O)c3ccccc3C4=O)cc2)CC1. The first-order chi connectivity index (χ1) is 15.2. The Kier molecular flexibility index (Phi) is 5.14. The third-order valence-electron chi connectivity index (χ3n) is 6.53. The van der Waals surface area contributed by atoms with E-state index in [-0.39, 0.29) is 23.0 Å². The lowest BCUT2D eigenvalue weighted by atomic mass is 9.90. The molecule has 2 aliphatic rings. The number of aromatic nitrogens is 3. The number of hydrogen-bond donors (Lipinski definition) is 0. The van der Waals surface area contributed by atoms with Crippen LogP contribution in [0.1, 0.15) is 70.3 Å². The topological polar surface area (TPSA) is 68.1 Å². The molecule has 1 fully saturated rings. The Balaban J connectivity index is 1.33. The van der Waals surface area contributed by atoms with Gasteiger partial charge in [-0.05, 0) is 36.5 Å². The quantitative estimate of drug-likeness (QED) is 0.491. The first kappa shape index (κ1) is 19.7. The summed E-state index contributed by atoms with van der Waals surface area (Å²) in [5.41, 5.74) is 3.52. The van der Waals surface area contributed by atoms with Gasteiger partial charge in [0.1, 0.15) is 5.69 Å². The highest BCUT2D eigenvalue weighted by atomic mass is 16.1. The Morgan fingerprint density at radius 1 is 0.935 bits per heavy atom. The summed E-state index contributed by atoms with van der Waals surface area (Å²) in [5.74, 6) is 0.435. The normalized spacial score (nSPS) is 16.4. The van der Waals surface area contributed by atoms with Crippen LogP contribution >= 0.6 is 0 Å². The molecule has 1 aromatic heterocycles. The number of anilines is 1. The van der Waals surface area contributed by atoms with E-state index in [1.165, 1.54) is 31.4 Å². The van der Waals surface area contributed by atoms with Crippen LogP contribution in [0.5, 0.6) is 0 Å². The van der Waals surface area contributed by atoms with Crippen LogP contribution in [0.4, 0.5) is 5.69 Å². The molecule has 158 valence electrons. The van der Waals surface area contributed by atoms with Gasteiger partial charge < -0.3 is 4.90 Å². The Morgan fingerprint density at radius 3 is 2.29 bits per heavy atom. The minimum atomic E-state index is -0.238. The van der Waals surface area contributed by atoms with Gasteiger partial charge in [-0.2, -0.15) is 0 Å². The van der Waals surface area contributed by atoms with E-state index in [1.54, 1.807) is 28.9 Å². The van der Waals surface area contributed by atoms with E-state index in [9.17, 15) is 9.59 Å². The number of hydrogen-bond acceptors (Lipinski definition) is 5. The van der Waals surface area contributed by atoms with Crippen molar-refractivity contribution in [1.29, 1.82) is 0 Å². The second-order valence-corrected chi connectivity index (χ2v) is 8.53. The maximum absolute atomic E-state index is 13.0. The third kappa shape index (κ3) is 3.56. The molecule has 0 unspecified atom stereocenters. The van der Waals surface area contributed by atoms with Gasteiger partial charge in [0.2, 0.25) is 11.6 Å². The molecule has 2 heterocycles. The molecule has 1 aliphatic heterocycles. The first-order valence-electron chi connectivity index (χ1n) is 11.1. The number of benzene rings is 2. The molecule has 1 aliphatic carbocycles. The summed E-state index contributed by atoms with van der Waals surface area (Å²) < 4.78 is 1.55. The van der Waals surface area contributed by atoms with Crippen LogP contribution in [-0.2, 0) is 6.54 Å². The Bertz CT molecular complexity index is 1120. The van der Waals surface area contributed by atoms with Gasteiger partial charge in [-0.25, -0.2) is 4.68 Å². The summed E-state index contributed by atoms with van der Waals surface area (Å²) in [4.78, 5) is 28.2. The van der Waals surface area contributed by atoms with Crippen LogP contribution in [0.25, 0.3) is 0 Å². The van der Waals surface area contributed by atoms with Crippen molar-refractivity contribution < 1.29 is 9.59 Å². The average Bonchev–Trinajstić information content (AvgIpc) is 3.23. The zero-order chi connectivity index (χ0) is 21.4. The zero-order valence-corrected chi connectivity index (χ0v) is 17.8. The van der Waals surface area contributed by atoms with E-state index in [0.717, 1.165) is 24.6 Å². The molecule has 0 N–H and O–H groups in total. The van der Waals surface area contributed by atoms with Crippen molar-refractivity contribution >= 4 is 17.3 Å². The molecule has 3 aromatic rings. The van der Waals surface area contributed by atoms with Crippen molar-refractivity contribution in [2.45, 2.75) is 39.2 Å². The van der Waals surface area contributed by atoms with E-state index in [0.29, 0.717) is 17.7 Å². The lowest BCUT2D eigenvalue weighted by Crippen LogP contribution is -2.33. The van der Waals surface area contributed by atoms with Gasteiger partial charge in [-0.15, -0.1) is 5.10 Å². The van der Waals surface area contributed by atoms with Gasteiger partial charge in [0, 0.05) is 29.9 Å². The molecule has 0 spiro atoms. The van der Waals surface area contributed by atoms with Crippen molar-refractivity contribution in [1.82, 2.24) is 15.0 Å². The molecule has 0 atom stereocenters. The Morgan fingerprint density at radius 2 is 1.61 bits per heavy atom. The summed E-state index contributed by atoms with van der Waals surface area (Å²) in [6.07, 6.45) is 5.13. The van der Waals surface area contributed by atoms with Crippen LogP contribution in [0, 0.1) is 5.92 Å². The van der Waals surface area contributed by atoms with E-state index in [1.807, 2.05) is 0 Å². The van der Waals surface area contributed by atoms with Crippen LogP contribution < -0.4 is 4.90 Å². The summed E-state index contributed by atoms with van der Waals surface area (Å²) in [6, 6.07) is 15.3. The number of fused-ring (bicyclic) bond motifs is 2. The van der Waals surface area contributed by atoms with Gasteiger partial charge in [0.15, 0.2) is 5.69 Å². The lowest BCUT2D eigenvalue weighted by Gasteiger charge is -2.33. The average molecular weight is 415 g/mol. The number of carbonyl (C=O) groups is 2. The second-order valence-electron chi connectivity index (χ2n) is 8.53. The standard InChI is InChI=1S/C25H26N4O2/c1-2-5-17-12-14-28(15-13-17)19-10-8-18(9-11-19)16-29-23-22(26-27-29)24(30)20-6-3-4-7-21(20)25(23)31/h3-4,6-11,17H,2,5,12-16H2,1H3. The minimum Gasteiger partial charge on any atom is -0.372 e. The molecule has 0 bridgehead atoms. The van der Waals surface area contributed by atoms with Crippen molar-refractivity contribution in [3.8, 4) is 0 Å². The van der Waals surface area contributed by atoms with Gasteiger partial charge >= 0.3 is 0 Å². The fourth-order valence-corrected chi connectivity index (χ4v) is 4.81. The second kappa shape index (κ2) is 8.10. The maximum Gasteiger partial charge on any atom is 0.216 e. The van der Waals surface area contributed by atoms with Crippen molar-refractivity contribution in [3.05, 3.63) is 76.6 Å². The zero-order valence-electron chi connectivity index (χ0n) is 17.8. The molecule has 31 heavy (non-hydrogen) atoms. The summed E-state index contributed by atoms with van der Waals surface area (Å²) >= 11 is 0. The van der Waals surface area contributed by atoms with Crippen molar-refractivity contribution in [2.24, 2.45) is 5.92 Å². The fraction of sp³-hybridized carbons (Fsp3) is 0.360. The molecular formula is C25H26N4O2. The minimum absolute atomic E-state index is 0.148. The maximum atomic E-state index is 13.0. The van der Waals surface area contributed by atoms with E-state index in [2.05, 4.69) is 46.4 Å². The van der Waals surface area contributed by atoms with Crippen LogP contribution in [0.2, 0.25) is 0 Å². The van der Waals surface area contributed by atoms with Gasteiger partial charge in [-0.3, -0.25) is 9.59 Å². The molecule has 0 saturated carbocycles. The number of rotatable bonds is 5. The molecule has 6 heteroatoms. The summed E-state index contributed by atoms with van der Waals surface area (Å²) in [7, 11) is 0. The first-order valence-corrected chi connectivity index (χ1v) is 11.1. The van der Waals surface area contributed by atoms with Gasteiger partial charge in [-0.1, -0.05) is 61.4 Å². The fourth-order valence-electron chi connectivity index (χ4n) is 4.81. The summed E-state index contributed by atoms with van der Waals surface area (Å²) in [6.45, 7) is 4.88. The predicted molar refractivity (Wildman–Crippen MR) is 119 cm³/mol. The summed E-state index contributed by atoms with van der Waals surface area (Å²) in [5, 5.41) is 8.16. The molecule has 5 rings (SSSR count). The highest BCUT2D eigenvalue weighted by molar-refractivity contribution is 6.26. The van der Waals surface area contributed by atoms with Gasteiger partial charge in [0.25, 0.3) is 0 Å². The Hall–Kier alpha value is -3.28. The molecule has 2 aromatic carbocycles.